The highest BCUT2D eigenvalue weighted by atomic mass is 16.7. The van der Waals surface area contributed by atoms with E-state index in [0.717, 1.165) is 33.6 Å². The first kappa shape index (κ1) is 15.6. The molecule has 1 aliphatic rings. The molecule has 3 aromatic rings. The maximum absolute atomic E-state index is 12.9. The first-order valence-electron chi connectivity index (χ1n) is 8.24. The lowest BCUT2D eigenvalue weighted by Gasteiger charge is -2.29. The molecule has 4 rings (SSSR count). The van der Waals surface area contributed by atoms with Gasteiger partial charge in [-0.25, -0.2) is 0 Å². The maximum atomic E-state index is 12.9. The molecule has 0 radical (unpaired) electrons. The molecule has 0 N–H and O–H groups in total. The number of para-hydroxylation sites is 1. The minimum absolute atomic E-state index is 0.0434. The minimum Gasteiger partial charge on any atom is -0.467 e. The number of methoxy groups -OCH3 is 1. The molecule has 0 bridgehead atoms. The Hall–Kier alpha value is -2.91. The number of carbonyl (C=O) groups is 1. The predicted molar refractivity (Wildman–Crippen MR) is 96.2 cm³/mol. The monoisotopic (exact) mass is 330 g/mol. The summed E-state index contributed by atoms with van der Waals surface area (Å²) in [6.45, 7) is 0.186. The Morgan fingerprint density at radius 3 is 1.88 bits per heavy atom. The lowest BCUT2D eigenvalue weighted by atomic mass is 9.74. The van der Waals surface area contributed by atoms with Crippen LogP contribution >= 0.6 is 0 Å². The molecule has 25 heavy (non-hydrogen) atoms. The quantitative estimate of drug-likeness (QED) is 0.521. The Morgan fingerprint density at radius 1 is 0.760 bits per heavy atom. The zero-order chi connectivity index (χ0) is 17.2. The van der Waals surface area contributed by atoms with E-state index < -0.39 is 0 Å². The molecule has 0 unspecified atom stereocenters. The second-order valence-corrected chi connectivity index (χ2v) is 6.03. The Kier molecular flexibility index (Phi) is 4.08. The number of benzene rings is 3. The number of ether oxygens (including phenoxy) is 2. The molecule has 0 aliphatic heterocycles. The largest absolute Gasteiger partial charge is 0.467 e. The lowest BCUT2D eigenvalue weighted by molar-refractivity contribution is 0.0503. The van der Waals surface area contributed by atoms with Crippen LogP contribution in [0, 0.1) is 0 Å². The van der Waals surface area contributed by atoms with Crippen LogP contribution in [0.5, 0.6) is 5.75 Å². The van der Waals surface area contributed by atoms with Gasteiger partial charge in [-0.3, -0.25) is 4.79 Å². The molecule has 0 amide bonds. The van der Waals surface area contributed by atoms with E-state index in [1.54, 1.807) is 7.11 Å². The van der Waals surface area contributed by atoms with Gasteiger partial charge in [-0.05, 0) is 17.2 Å². The van der Waals surface area contributed by atoms with E-state index in [1.165, 1.54) is 0 Å². The molecule has 0 fully saturated rings. The van der Waals surface area contributed by atoms with Crippen molar-refractivity contribution >= 4 is 5.78 Å². The summed E-state index contributed by atoms with van der Waals surface area (Å²) in [5, 5.41) is 0. The lowest BCUT2D eigenvalue weighted by Crippen LogP contribution is -2.20. The summed E-state index contributed by atoms with van der Waals surface area (Å²) in [7, 11) is 1.60. The molecule has 0 aromatic heterocycles. The van der Waals surface area contributed by atoms with Gasteiger partial charge in [0, 0.05) is 29.7 Å². The summed E-state index contributed by atoms with van der Waals surface area (Å²) in [5.41, 5.74) is 4.58. The van der Waals surface area contributed by atoms with E-state index in [9.17, 15) is 4.79 Å². The fraction of sp³-hybridized carbons (Fsp3) is 0.136. The molecule has 0 heterocycles. The fourth-order valence-electron chi connectivity index (χ4n) is 3.53. The molecule has 3 heteroatoms. The Bertz CT molecular complexity index is 880. The van der Waals surface area contributed by atoms with Crippen LogP contribution in [0.25, 0.3) is 0 Å². The van der Waals surface area contributed by atoms with Crippen LogP contribution in [0.4, 0.5) is 0 Å². The summed E-state index contributed by atoms with van der Waals surface area (Å²) >= 11 is 0. The zero-order valence-electron chi connectivity index (χ0n) is 13.9. The molecule has 1 aliphatic carbocycles. The summed E-state index contributed by atoms with van der Waals surface area (Å²) in [4.78, 5) is 12.9. The predicted octanol–water partition coefficient (Wildman–Crippen LogP) is 4.39. The van der Waals surface area contributed by atoms with E-state index in [2.05, 4.69) is 6.07 Å². The third-order valence-corrected chi connectivity index (χ3v) is 4.60. The van der Waals surface area contributed by atoms with Crippen molar-refractivity contribution in [3.63, 3.8) is 0 Å². The van der Waals surface area contributed by atoms with Gasteiger partial charge in [-0.15, -0.1) is 0 Å². The normalized spacial score (nSPS) is 13.2. The van der Waals surface area contributed by atoms with Crippen LogP contribution in [0.1, 0.15) is 38.5 Å². The van der Waals surface area contributed by atoms with E-state index in [1.807, 2.05) is 66.7 Å². The average molecular weight is 330 g/mol. The molecular weight excluding hydrogens is 312 g/mol. The van der Waals surface area contributed by atoms with Crippen molar-refractivity contribution in [2.45, 2.75) is 5.92 Å². The molecule has 0 atom stereocenters. The summed E-state index contributed by atoms with van der Waals surface area (Å²) in [5.74, 6) is 0.809. The van der Waals surface area contributed by atoms with Crippen LogP contribution in [0.15, 0.2) is 72.8 Å². The highest BCUT2D eigenvalue weighted by molar-refractivity contribution is 6.13. The first-order valence-corrected chi connectivity index (χ1v) is 8.24. The smallest absolute Gasteiger partial charge is 0.193 e. The second-order valence-electron chi connectivity index (χ2n) is 6.03. The number of hydrogen-bond acceptors (Lipinski definition) is 3. The number of hydrogen-bond donors (Lipinski definition) is 0. The van der Waals surface area contributed by atoms with Crippen molar-refractivity contribution in [3.05, 3.63) is 101 Å². The Balaban J connectivity index is 1.94. The van der Waals surface area contributed by atoms with Gasteiger partial charge in [0.25, 0.3) is 0 Å². The van der Waals surface area contributed by atoms with Crippen LogP contribution in [-0.4, -0.2) is 19.7 Å². The topological polar surface area (TPSA) is 35.5 Å². The molecule has 0 spiro atoms. The van der Waals surface area contributed by atoms with Crippen molar-refractivity contribution < 1.29 is 14.3 Å². The van der Waals surface area contributed by atoms with Crippen molar-refractivity contribution in [3.8, 4) is 5.75 Å². The van der Waals surface area contributed by atoms with Crippen LogP contribution in [-0.2, 0) is 4.74 Å². The van der Waals surface area contributed by atoms with Crippen molar-refractivity contribution in [1.29, 1.82) is 0 Å². The molecule has 3 aromatic carbocycles. The third kappa shape index (κ3) is 2.63. The van der Waals surface area contributed by atoms with Gasteiger partial charge >= 0.3 is 0 Å². The molecule has 124 valence electrons. The van der Waals surface area contributed by atoms with Crippen molar-refractivity contribution in [1.82, 2.24) is 0 Å². The van der Waals surface area contributed by atoms with Crippen LogP contribution in [0.3, 0.4) is 0 Å². The third-order valence-electron chi connectivity index (χ3n) is 4.60. The number of carbonyl (C=O) groups excluding carboxylic acids is 1. The SMILES string of the molecule is COCOc1ccccc1C1c2ccccc2C(=O)c2ccccc21. The van der Waals surface area contributed by atoms with Gasteiger partial charge in [0.15, 0.2) is 12.6 Å². The molecule has 0 saturated heterocycles. The van der Waals surface area contributed by atoms with Gasteiger partial charge in [0.05, 0.1) is 0 Å². The van der Waals surface area contributed by atoms with Crippen LogP contribution in [0.2, 0.25) is 0 Å². The second kappa shape index (κ2) is 6.54. The molecule has 0 saturated carbocycles. The Morgan fingerprint density at radius 2 is 1.28 bits per heavy atom. The standard InChI is InChI=1S/C22H18O3/c1-24-14-25-20-13-7-6-12-19(20)21-15-8-2-4-10-17(15)22(23)18-11-5-3-9-16(18)21/h2-13,21H,14H2,1H3. The van der Waals surface area contributed by atoms with E-state index >= 15 is 0 Å². The highest BCUT2D eigenvalue weighted by Gasteiger charge is 2.32. The maximum Gasteiger partial charge on any atom is 0.193 e. The van der Waals surface area contributed by atoms with Gasteiger partial charge in [0.1, 0.15) is 5.75 Å². The summed E-state index contributed by atoms with van der Waals surface area (Å²) < 4.78 is 10.9. The number of ketones is 1. The zero-order valence-corrected chi connectivity index (χ0v) is 13.9. The summed E-state index contributed by atoms with van der Waals surface area (Å²) in [6, 6.07) is 23.6. The van der Waals surface area contributed by atoms with E-state index in [0.29, 0.717) is 0 Å². The van der Waals surface area contributed by atoms with E-state index in [-0.39, 0.29) is 18.5 Å². The van der Waals surface area contributed by atoms with Gasteiger partial charge < -0.3 is 9.47 Å². The fourth-order valence-corrected chi connectivity index (χ4v) is 3.53. The summed E-state index contributed by atoms with van der Waals surface area (Å²) in [6.07, 6.45) is 0. The van der Waals surface area contributed by atoms with Crippen molar-refractivity contribution in [2.75, 3.05) is 13.9 Å². The van der Waals surface area contributed by atoms with Gasteiger partial charge in [0.2, 0.25) is 0 Å². The first-order chi connectivity index (χ1) is 12.3. The van der Waals surface area contributed by atoms with Crippen molar-refractivity contribution in [2.24, 2.45) is 0 Å². The minimum atomic E-state index is -0.0434. The molecular formula is C22H18O3. The average Bonchev–Trinajstić information content (AvgIpc) is 2.67. The Labute approximate surface area is 146 Å². The van der Waals surface area contributed by atoms with E-state index in [4.69, 9.17) is 9.47 Å². The van der Waals surface area contributed by atoms with Gasteiger partial charge in [-0.1, -0.05) is 66.7 Å². The van der Waals surface area contributed by atoms with Crippen LogP contribution < -0.4 is 4.74 Å². The molecule has 3 nitrogen and oxygen atoms in total. The van der Waals surface area contributed by atoms with Gasteiger partial charge in [-0.2, -0.15) is 0 Å². The highest BCUT2D eigenvalue weighted by Crippen LogP contribution is 2.43. The number of fused-ring (bicyclic) bond motifs is 2. The number of rotatable bonds is 4.